The van der Waals surface area contributed by atoms with Gasteiger partial charge in [0, 0.05) is 19.8 Å². The van der Waals surface area contributed by atoms with Gasteiger partial charge in [-0.1, -0.05) is 26.0 Å². The monoisotopic (exact) mass is 273 g/mol. The first-order valence-electron chi connectivity index (χ1n) is 7.04. The van der Waals surface area contributed by atoms with Gasteiger partial charge >= 0.3 is 0 Å². The van der Waals surface area contributed by atoms with Gasteiger partial charge in [-0.15, -0.1) is 0 Å². The summed E-state index contributed by atoms with van der Waals surface area (Å²) in [5.41, 5.74) is 2.21. The summed E-state index contributed by atoms with van der Waals surface area (Å²) in [6.45, 7) is 6.87. The van der Waals surface area contributed by atoms with Crippen LogP contribution in [0.25, 0.3) is 0 Å². The number of benzene rings is 1. The van der Waals surface area contributed by atoms with E-state index in [-0.39, 0.29) is 0 Å². The minimum absolute atomic E-state index is 0.506. The minimum Gasteiger partial charge on any atom is -0.487 e. The molecule has 0 aliphatic heterocycles. The maximum Gasteiger partial charge on any atom is 0.132 e. The Bertz CT molecular complexity index is 517. The summed E-state index contributed by atoms with van der Waals surface area (Å²) in [5, 5.41) is 7.71. The fraction of sp³-hybridized carbons (Fsp3) is 0.438. The lowest BCUT2D eigenvalue weighted by molar-refractivity contribution is 0.300. The van der Waals surface area contributed by atoms with Crippen LogP contribution < -0.4 is 10.1 Å². The SMILES string of the molecule is CC(C)CNCc1ccc(OCc2ccn(C)n2)cc1. The number of nitrogens with zero attached hydrogens (tertiary/aromatic N) is 2. The molecule has 0 saturated carbocycles. The van der Waals surface area contributed by atoms with Crippen molar-refractivity contribution in [3.63, 3.8) is 0 Å². The molecule has 108 valence electrons. The first kappa shape index (κ1) is 14.6. The standard InChI is InChI=1S/C16H23N3O/c1-13(2)10-17-11-14-4-6-16(7-5-14)20-12-15-8-9-19(3)18-15/h4-9,13,17H,10-12H2,1-3H3. The number of aryl methyl sites for hydroxylation is 1. The van der Waals surface area contributed by atoms with E-state index in [0.29, 0.717) is 12.5 Å². The quantitative estimate of drug-likeness (QED) is 0.843. The van der Waals surface area contributed by atoms with Gasteiger partial charge in [0.25, 0.3) is 0 Å². The highest BCUT2D eigenvalue weighted by Gasteiger charge is 2.00. The summed E-state index contributed by atoms with van der Waals surface area (Å²) in [7, 11) is 1.91. The van der Waals surface area contributed by atoms with E-state index in [1.54, 1.807) is 4.68 Å². The van der Waals surface area contributed by atoms with Gasteiger partial charge in [-0.3, -0.25) is 4.68 Å². The van der Waals surface area contributed by atoms with E-state index >= 15 is 0 Å². The van der Waals surface area contributed by atoms with Crippen molar-refractivity contribution in [3.8, 4) is 5.75 Å². The summed E-state index contributed by atoms with van der Waals surface area (Å²) < 4.78 is 7.49. The fourth-order valence-electron chi connectivity index (χ4n) is 1.91. The molecule has 0 unspecified atom stereocenters. The second-order valence-electron chi connectivity index (χ2n) is 5.44. The van der Waals surface area contributed by atoms with Gasteiger partial charge in [0.1, 0.15) is 12.4 Å². The number of nitrogens with one attached hydrogen (secondary N) is 1. The van der Waals surface area contributed by atoms with Gasteiger partial charge in [0.15, 0.2) is 0 Å². The lowest BCUT2D eigenvalue weighted by atomic mass is 10.2. The third kappa shape index (κ3) is 4.70. The highest BCUT2D eigenvalue weighted by molar-refractivity contribution is 5.27. The Balaban J connectivity index is 1.79. The molecule has 0 amide bonds. The molecular weight excluding hydrogens is 250 g/mol. The Morgan fingerprint density at radius 1 is 1.20 bits per heavy atom. The van der Waals surface area contributed by atoms with Gasteiger partial charge < -0.3 is 10.1 Å². The zero-order valence-corrected chi connectivity index (χ0v) is 12.5. The molecule has 2 rings (SSSR count). The van der Waals surface area contributed by atoms with Gasteiger partial charge in [0.2, 0.25) is 0 Å². The molecule has 2 aromatic rings. The van der Waals surface area contributed by atoms with Crippen molar-refractivity contribution < 1.29 is 4.74 Å². The smallest absolute Gasteiger partial charge is 0.132 e. The Labute approximate surface area is 120 Å². The van der Waals surface area contributed by atoms with Crippen LogP contribution in [-0.4, -0.2) is 16.3 Å². The molecule has 0 aliphatic carbocycles. The number of aromatic nitrogens is 2. The first-order chi connectivity index (χ1) is 9.63. The summed E-state index contributed by atoms with van der Waals surface area (Å²) in [6, 6.07) is 10.2. The highest BCUT2D eigenvalue weighted by atomic mass is 16.5. The fourth-order valence-corrected chi connectivity index (χ4v) is 1.91. The molecule has 4 heteroatoms. The zero-order chi connectivity index (χ0) is 14.4. The van der Waals surface area contributed by atoms with E-state index in [1.165, 1.54) is 5.56 Å². The molecule has 0 bridgehead atoms. The molecule has 0 spiro atoms. The number of hydrogen-bond acceptors (Lipinski definition) is 3. The van der Waals surface area contributed by atoms with Crippen LogP contribution in [0.15, 0.2) is 36.5 Å². The summed E-state index contributed by atoms with van der Waals surface area (Å²) >= 11 is 0. The lowest BCUT2D eigenvalue weighted by Crippen LogP contribution is -2.18. The second-order valence-corrected chi connectivity index (χ2v) is 5.44. The largest absolute Gasteiger partial charge is 0.487 e. The van der Waals surface area contributed by atoms with Crippen molar-refractivity contribution in [3.05, 3.63) is 47.8 Å². The molecule has 0 saturated heterocycles. The zero-order valence-electron chi connectivity index (χ0n) is 12.5. The van der Waals surface area contributed by atoms with Crippen molar-refractivity contribution in [1.29, 1.82) is 0 Å². The van der Waals surface area contributed by atoms with E-state index < -0.39 is 0 Å². The lowest BCUT2D eigenvalue weighted by Gasteiger charge is -2.08. The van der Waals surface area contributed by atoms with Crippen LogP contribution in [0, 0.1) is 5.92 Å². The molecule has 0 atom stereocenters. The van der Waals surface area contributed by atoms with Gasteiger partial charge in [0.05, 0.1) is 5.69 Å². The molecule has 0 aliphatic rings. The van der Waals surface area contributed by atoms with E-state index in [2.05, 4.69) is 36.4 Å². The average molecular weight is 273 g/mol. The van der Waals surface area contributed by atoms with Crippen LogP contribution in [0.3, 0.4) is 0 Å². The first-order valence-corrected chi connectivity index (χ1v) is 7.04. The van der Waals surface area contributed by atoms with E-state index in [0.717, 1.165) is 24.5 Å². The average Bonchev–Trinajstić information content (AvgIpc) is 2.83. The van der Waals surface area contributed by atoms with Crippen LogP contribution in [0.5, 0.6) is 5.75 Å². The van der Waals surface area contributed by atoms with Crippen LogP contribution in [0.2, 0.25) is 0 Å². The van der Waals surface area contributed by atoms with Crippen LogP contribution in [0.1, 0.15) is 25.1 Å². The molecule has 0 fully saturated rings. The van der Waals surface area contributed by atoms with Crippen LogP contribution in [-0.2, 0) is 20.2 Å². The van der Waals surface area contributed by atoms with E-state index in [9.17, 15) is 0 Å². The molecule has 0 radical (unpaired) electrons. The Hall–Kier alpha value is -1.81. The summed E-state index contributed by atoms with van der Waals surface area (Å²) in [6.07, 6.45) is 1.92. The second kappa shape index (κ2) is 7.10. The van der Waals surface area contributed by atoms with Crippen molar-refractivity contribution in [2.45, 2.75) is 27.0 Å². The normalized spacial score (nSPS) is 11.0. The topological polar surface area (TPSA) is 39.1 Å². The predicted molar refractivity (Wildman–Crippen MR) is 80.5 cm³/mol. The Morgan fingerprint density at radius 3 is 2.55 bits per heavy atom. The summed E-state index contributed by atoms with van der Waals surface area (Å²) in [5.74, 6) is 1.55. The van der Waals surface area contributed by atoms with Crippen molar-refractivity contribution in [1.82, 2.24) is 15.1 Å². The molecule has 1 N–H and O–H groups in total. The molecular formula is C16H23N3O. The Kier molecular flexibility index (Phi) is 5.18. The Morgan fingerprint density at radius 2 is 1.95 bits per heavy atom. The van der Waals surface area contributed by atoms with Crippen molar-refractivity contribution >= 4 is 0 Å². The molecule has 1 aromatic heterocycles. The minimum atomic E-state index is 0.506. The number of ether oxygens (including phenoxy) is 1. The maximum absolute atomic E-state index is 5.71. The highest BCUT2D eigenvalue weighted by Crippen LogP contribution is 2.13. The third-order valence-corrected chi connectivity index (χ3v) is 2.96. The van der Waals surface area contributed by atoms with Crippen LogP contribution in [0.4, 0.5) is 0 Å². The predicted octanol–water partition coefficient (Wildman–Crippen LogP) is 2.74. The summed E-state index contributed by atoms with van der Waals surface area (Å²) in [4.78, 5) is 0. The van der Waals surface area contributed by atoms with E-state index in [4.69, 9.17) is 4.74 Å². The van der Waals surface area contributed by atoms with Crippen LogP contribution >= 0.6 is 0 Å². The van der Waals surface area contributed by atoms with Crippen molar-refractivity contribution in [2.24, 2.45) is 13.0 Å². The number of hydrogen-bond donors (Lipinski definition) is 1. The molecule has 20 heavy (non-hydrogen) atoms. The number of rotatable bonds is 7. The third-order valence-electron chi connectivity index (χ3n) is 2.96. The van der Waals surface area contributed by atoms with Gasteiger partial charge in [-0.2, -0.15) is 5.10 Å². The molecule has 1 heterocycles. The molecule has 1 aromatic carbocycles. The van der Waals surface area contributed by atoms with Gasteiger partial charge in [-0.25, -0.2) is 0 Å². The van der Waals surface area contributed by atoms with Gasteiger partial charge in [-0.05, 0) is 36.2 Å². The van der Waals surface area contributed by atoms with Crippen molar-refractivity contribution in [2.75, 3.05) is 6.54 Å². The maximum atomic E-state index is 5.71. The molecule has 4 nitrogen and oxygen atoms in total. The van der Waals surface area contributed by atoms with E-state index in [1.807, 2.05) is 31.4 Å².